The van der Waals surface area contributed by atoms with Crippen molar-refractivity contribution in [1.82, 2.24) is 4.98 Å². The standard InChI is InChI=1S/C12H10BrClN2/c13-10-6-12(16-8-11(10)14)15-7-9-4-2-1-3-5-9/h1-6,8H,7H2,(H,15,16). The normalized spacial score (nSPS) is 10.1. The quantitative estimate of drug-likeness (QED) is 0.922. The maximum Gasteiger partial charge on any atom is 0.127 e. The Labute approximate surface area is 108 Å². The highest BCUT2D eigenvalue weighted by Crippen LogP contribution is 2.23. The first-order valence-electron chi connectivity index (χ1n) is 4.84. The van der Waals surface area contributed by atoms with Gasteiger partial charge in [-0.3, -0.25) is 0 Å². The Bertz CT molecular complexity index is 474. The van der Waals surface area contributed by atoms with E-state index in [4.69, 9.17) is 11.6 Å². The molecule has 4 heteroatoms. The average molecular weight is 298 g/mol. The molecular weight excluding hydrogens is 288 g/mol. The van der Waals surface area contributed by atoms with Gasteiger partial charge in [0.05, 0.1) is 5.02 Å². The molecule has 16 heavy (non-hydrogen) atoms. The Morgan fingerprint density at radius 1 is 1.25 bits per heavy atom. The van der Waals surface area contributed by atoms with Gasteiger partial charge in [0, 0.05) is 17.2 Å². The van der Waals surface area contributed by atoms with E-state index in [1.165, 1.54) is 5.56 Å². The average Bonchev–Trinajstić information content (AvgIpc) is 2.32. The Kier molecular flexibility index (Phi) is 3.80. The summed E-state index contributed by atoms with van der Waals surface area (Å²) in [6.07, 6.45) is 1.62. The number of hydrogen-bond acceptors (Lipinski definition) is 2. The third-order valence-electron chi connectivity index (χ3n) is 2.13. The Balaban J connectivity index is 2.03. The number of halogens is 2. The predicted octanol–water partition coefficient (Wildman–Crippen LogP) is 4.11. The number of anilines is 1. The molecule has 82 valence electrons. The molecule has 2 nitrogen and oxygen atoms in total. The van der Waals surface area contributed by atoms with Crippen molar-refractivity contribution in [2.24, 2.45) is 0 Å². The minimum Gasteiger partial charge on any atom is -0.366 e. The van der Waals surface area contributed by atoms with Crippen LogP contribution in [0.25, 0.3) is 0 Å². The van der Waals surface area contributed by atoms with Gasteiger partial charge >= 0.3 is 0 Å². The molecule has 0 aliphatic carbocycles. The first kappa shape index (κ1) is 11.4. The van der Waals surface area contributed by atoms with Crippen LogP contribution in [0.3, 0.4) is 0 Å². The molecule has 0 spiro atoms. The van der Waals surface area contributed by atoms with Crippen molar-refractivity contribution in [1.29, 1.82) is 0 Å². The molecular formula is C12H10BrClN2. The lowest BCUT2D eigenvalue weighted by molar-refractivity contribution is 1.11. The van der Waals surface area contributed by atoms with Crippen molar-refractivity contribution in [2.45, 2.75) is 6.54 Å². The van der Waals surface area contributed by atoms with Crippen molar-refractivity contribution in [3.05, 3.63) is 57.7 Å². The summed E-state index contributed by atoms with van der Waals surface area (Å²) in [6.45, 7) is 0.752. The van der Waals surface area contributed by atoms with Crippen LogP contribution >= 0.6 is 27.5 Å². The summed E-state index contributed by atoms with van der Waals surface area (Å²) in [5.74, 6) is 0.806. The third kappa shape index (κ3) is 2.97. The number of aromatic nitrogens is 1. The van der Waals surface area contributed by atoms with Crippen LogP contribution < -0.4 is 5.32 Å². The van der Waals surface area contributed by atoms with Crippen LogP contribution in [0.1, 0.15) is 5.56 Å². The first-order chi connectivity index (χ1) is 7.75. The number of hydrogen-bond donors (Lipinski definition) is 1. The number of nitrogens with one attached hydrogen (secondary N) is 1. The summed E-state index contributed by atoms with van der Waals surface area (Å²) in [5.41, 5.74) is 1.22. The minimum absolute atomic E-state index is 0.616. The van der Waals surface area contributed by atoms with Gasteiger partial charge < -0.3 is 5.32 Å². The molecule has 2 aromatic rings. The van der Waals surface area contributed by atoms with E-state index in [2.05, 4.69) is 38.4 Å². The highest BCUT2D eigenvalue weighted by molar-refractivity contribution is 9.10. The second kappa shape index (κ2) is 5.32. The van der Waals surface area contributed by atoms with Gasteiger partial charge in [0.15, 0.2) is 0 Å². The largest absolute Gasteiger partial charge is 0.366 e. The van der Waals surface area contributed by atoms with Crippen LogP contribution in [-0.4, -0.2) is 4.98 Å². The van der Waals surface area contributed by atoms with Gasteiger partial charge in [-0.2, -0.15) is 0 Å². The summed E-state index contributed by atoms with van der Waals surface area (Å²) in [7, 11) is 0. The first-order valence-corrected chi connectivity index (χ1v) is 6.01. The fraction of sp³-hybridized carbons (Fsp3) is 0.0833. The molecule has 1 heterocycles. The molecule has 2 rings (SSSR count). The maximum atomic E-state index is 5.86. The SMILES string of the molecule is Clc1cnc(NCc2ccccc2)cc1Br. The molecule has 0 fully saturated rings. The lowest BCUT2D eigenvalue weighted by atomic mass is 10.2. The van der Waals surface area contributed by atoms with Crippen LogP contribution in [0.5, 0.6) is 0 Å². The van der Waals surface area contributed by atoms with Gasteiger partial charge in [-0.05, 0) is 27.6 Å². The van der Waals surface area contributed by atoms with E-state index >= 15 is 0 Å². The lowest BCUT2D eigenvalue weighted by Gasteiger charge is -2.06. The van der Waals surface area contributed by atoms with Crippen LogP contribution in [0.15, 0.2) is 47.1 Å². The summed E-state index contributed by atoms with van der Waals surface area (Å²) in [6, 6.07) is 12.0. The molecule has 0 unspecified atom stereocenters. The summed E-state index contributed by atoms with van der Waals surface area (Å²) >= 11 is 9.22. The Morgan fingerprint density at radius 3 is 2.69 bits per heavy atom. The summed E-state index contributed by atoms with van der Waals surface area (Å²) in [4.78, 5) is 4.18. The van der Waals surface area contributed by atoms with Crippen molar-refractivity contribution >= 4 is 33.3 Å². The van der Waals surface area contributed by atoms with Crippen LogP contribution in [0, 0.1) is 0 Å². The predicted molar refractivity (Wildman–Crippen MR) is 70.7 cm³/mol. The van der Waals surface area contributed by atoms with Crippen LogP contribution in [-0.2, 0) is 6.54 Å². The van der Waals surface area contributed by atoms with Gasteiger partial charge in [-0.15, -0.1) is 0 Å². The Hall–Kier alpha value is -1.06. The van der Waals surface area contributed by atoms with Gasteiger partial charge in [0.25, 0.3) is 0 Å². The zero-order valence-corrected chi connectivity index (χ0v) is 10.8. The lowest BCUT2D eigenvalue weighted by Crippen LogP contribution is -2.00. The molecule has 0 saturated heterocycles. The van der Waals surface area contributed by atoms with E-state index in [-0.39, 0.29) is 0 Å². The fourth-order valence-electron chi connectivity index (χ4n) is 1.30. The number of rotatable bonds is 3. The number of pyridine rings is 1. The van der Waals surface area contributed by atoms with Crippen LogP contribution in [0.2, 0.25) is 5.02 Å². The monoisotopic (exact) mass is 296 g/mol. The van der Waals surface area contributed by atoms with Gasteiger partial charge in [-0.25, -0.2) is 4.98 Å². The molecule has 0 amide bonds. The van der Waals surface area contributed by atoms with E-state index in [0.717, 1.165) is 16.8 Å². The maximum absolute atomic E-state index is 5.86. The fourth-order valence-corrected chi connectivity index (χ4v) is 1.72. The van der Waals surface area contributed by atoms with Crippen molar-refractivity contribution in [3.63, 3.8) is 0 Å². The molecule has 0 atom stereocenters. The molecule has 1 aromatic heterocycles. The zero-order valence-electron chi connectivity index (χ0n) is 8.45. The van der Waals surface area contributed by atoms with E-state index < -0.39 is 0 Å². The van der Waals surface area contributed by atoms with E-state index in [1.54, 1.807) is 6.20 Å². The highest BCUT2D eigenvalue weighted by atomic mass is 79.9. The van der Waals surface area contributed by atoms with E-state index in [9.17, 15) is 0 Å². The van der Waals surface area contributed by atoms with Gasteiger partial charge in [-0.1, -0.05) is 41.9 Å². The van der Waals surface area contributed by atoms with Crippen molar-refractivity contribution in [3.8, 4) is 0 Å². The molecule has 0 aliphatic heterocycles. The number of nitrogens with zero attached hydrogens (tertiary/aromatic N) is 1. The smallest absolute Gasteiger partial charge is 0.127 e. The second-order valence-corrected chi connectivity index (χ2v) is 4.58. The van der Waals surface area contributed by atoms with E-state index in [0.29, 0.717) is 5.02 Å². The van der Waals surface area contributed by atoms with Crippen LogP contribution in [0.4, 0.5) is 5.82 Å². The molecule has 1 aromatic carbocycles. The molecule has 0 radical (unpaired) electrons. The molecule has 0 saturated carbocycles. The summed E-state index contributed by atoms with van der Waals surface area (Å²) in [5, 5.41) is 3.85. The molecule has 0 aliphatic rings. The highest BCUT2D eigenvalue weighted by Gasteiger charge is 1.99. The van der Waals surface area contributed by atoms with Gasteiger partial charge in [0.1, 0.15) is 5.82 Å². The van der Waals surface area contributed by atoms with Crippen molar-refractivity contribution in [2.75, 3.05) is 5.32 Å². The minimum atomic E-state index is 0.616. The third-order valence-corrected chi connectivity index (χ3v) is 3.31. The van der Waals surface area contributed by atoms with Crippen molar-refractivity contribution < 1.29 is 0 Å². The molecule has 1 N–H and O–H groups in total. The zero-order chi connectivity index (χ0) is 11.4. The second-order valence-electron chi connectivity index (χ2n) is 3.32. The number of benzene rings is 1. The topological polar surface area (TPSA) is 24.9 Å². The Morgan fingerprint density at radius 2 is 2.00 bits per heavy atom. The van der Waals surface area contributed by atoms with E-state index in [1.807, 2.05) is 24.3 Å². The summed E-state index contributed by atoms with van der Waals surface area (Å²) < 4.78 is 0.847. The van der Waals surface area contributed by atoms with Gasteiger partial charge in [0.2, 0.25) is 0 Å². The molecule has 0 bridgehead atoms.